The van der Waals surface area contributed by atoms with E-state index in [1.54, 1.807) is 25.7 Å². The topological polar surface area (TPSA) is 171 Å². The number of ketones is 1. The number of urea groups is 1. The number of unbranched alkanes of at least 4 members (excludes halogenated alkanes) is 1. The summed E-state index contributed by atoms with van der Waals surface area (Å²) in [6.45, 7) is 16.9. The largest absolute Gasteiger partial charge is 0.346 e. The van der Waals surface area contributed by atoms with Crippen molar-refractivity contribution in [3.63, 3.8) is 0 Å². The summed E-state index contributed by atoms with van der Waals surface area (Å²) in [5.41, 5.74) is -1.53. The lowest BCUT2D eigenvalue weighted by Gasteiger charge is -2.42. The number of hydrogen-bond acceptors (Lipinski definition) is 7. The first-order valence-corrected chi connectivity index (χ1v) is 20.8. The number of nitrogens with one attached hydrogen (secondary N) is 4. The first kappa shape index (κ1) is 42.5. The second kappa shape index (κ2) is 17.7. The van der Waals surface area contributed by atoms with Gasteiger partial charge in [0.15, 0.2) is 9.84 Å². The normalized spacial score (nSPS) is 22.9. The molecular formula is C38H65N5O7S. The van der Waals surface area contributed by atoms with E-state index in [0.29, 0.717) is 45.1 Å². The fourth-order valence-corrected chi connectivity index (χ4v) is 9.66. The van der Waals surface area contributed by atoms with E-state index >= 15 is 0 Å². The number of nitrogens with zero attached hydrogens (tertiary/aromatic N) is 1. The highest BCUT2D eigenvalue weighted by Gasteiger charge is 2.51. The van der Waals surface area contributed by atoms with Crippen LogP contribution >= 0.6 is 0 Å². The zero-order valence-electron chi connectivity index (χ0n) is 32.2. The molecule has 13 heteroatoms. The van der Waals surface area contributed by atoms with Gasteiger partial charge in [-0.25, -0.2) is 13.2 Å². The van der Waals surface area contributed by atoms with Gasteiger partial charge in [-0.05, 0) is 76.5 Å². The fourth-order valence-electron chi connectivity index (χ4n) is 8.14. The third kappa shape index (κ3) is 10.6. The van der Waals surface area contributed by atoms with E-state index in [-0.39, 0.29) is 36.5 Å². The third-order valence-corrected chi connectivity index (χ3v) is 14.3. The Morgan fingerprint density at radius 3 is 2.12 bits per heavy atom. The molecule has 1 heterocycles. The molecule has 1 saturated heterocycles. The van der Waals surface area contributed by atoms with E-state index in [4.69, 9.17) is 0 Å². The lowest BCUT2D eigenvalue weighted by molar-refractivity contribution is -0.145. The molecule has 0 bridgehead atoms. The van der Waals surface area contributed by atoms with Crippen molar-refractivity contribution >= 4 is 39.4 Å². The lowest BCUT2D eigenvalue weighted by Crippen LogP contribution is -2.64. The summed E-state index contributed by atoms with van der Waals surface area (Å²) in [7, 11) is -3.57. The quantitative estimate of drug-likeness (QED) is 0.133. The standard InChI is InChI=1S/C38H65N5O7S/c1-9-11-17-28(30(44)33(46)39-23-10-2)40-32(45)29-27(26(3)4)18-24-43(29)34(47)31(37(8)19-15-16-20-37)41-35(48)42-38(21-13-12-14-22-38)25-51(49,50)36(5,6)7/h10,26-29,31H,2,9,11-25H2,1,3-8H3,(H,39,46)(H,40,45)(H2,41,42,48)/t27-,28?,29+,31-/m1/s1. The van der Waals surface area contributed by atoms with Crippen LogP contribution in [0.2, 0.25) is 0 Å². The second-order valence-corrected chi connectivity index (χ2v) is 19.6. The SMILES string of the molecule is C=CCNC(=O)C(=O)C(CCCC)NC(=O)[C@@H]1[C@@H](C(C)C)CCN1C(=O)[C@@H](NC(=O)NC1(CS(=O)(=O)C(C)(C)C)CCCCC1)C1(C)CCCC1. The van der Waals surface area contributed by atoms with Gasteiger partial charge in [0.2, 0.25) is 17.6 Å². The van der Waals surface area contributed by atoms with Gasteiger partial charge in [0.05, 0.1) is 22.1 Å². The maximum absolute atomic E-state index is 14.8. The molecule has 2 aliphatic carbocycles. The van der Waals surface area contributed by atoms with Crippen molar-refractivity contribution in [2.45, 2.75) is 160 Å². The summed E-state index contributed by atoms with van der Waals surface area (Å²) in [6, 6.07) is -3.48. The predicted molar refractivity (Wildman–Crippen MR) is 200 cm³/mol. The summed E-state index contributed by atoms with van der Waals surface area (Å²) in [4.78, 5) is 70.3. The molecular weight excluding hydrogens is 671 g/mol. The van der Waals surface area contributed by atoms with E-state index in [0.717, 1.165) is 38.5 Å². The molecule has 3 rings (SSSR count). The van der Waals surface area contributed by atoms with Crippen LogP contribution in [0.1, 0.15) is 132 Å². The summed E-state index contributed by atoms with van der Waals surface area (Å²) in [6.07, 6.45) is 10.5. The van der Waals surface area contributed by atoms with Crippen LogP contribution in [-0.2, 0) is 29.0 Å². The third-order valence-electron chi connectivity index (χ3n) is 11.5. The average Bonchev–Trinajstić information content (AvgIpc) is 3.71. The van der Waals surface area contributed by atoms with Crippen LogP contribution in [-0.4, -0.2) is 90.1 Å². The number of hydrogen-bond donors (Lipinski definition) is 4. The number of sulfone groups is 1. The molecule has 0 aromatic heterocycles. The Bertz CT molecular complexity index is 1380. The fraction of sp³-hybridized carbons (Fsp3) is 0.816. The first-order valence-electron chi connectivity index (χ1n) is 19.2. The molecule has 4 atom stereocenters. The highest BCUT2D eigenvalue weighted by Crippen LogP contribution is 2.43. The Morgan fingerprint density at radius 1 is 0.961 bits per heavy atom. The van der Waals surface area contributed by atoms with Gasteiger partial charge in [0, 0.05) is 13.1 Å². The number of rotatable bonds is 16. The summed E-state index contributed by atoms with van der Waals surface area (Å²) >= 11 is 0. The molecule has 3 aliphatic rings. The molecule has 290 valence electrons. The van der Waals surface area contributed by atoms with Crippen molar-refractivity contribution in [3.8, 4) is 0 Å². The summed E-state index contributed by atoms with van der Waals surface area (Å²) in [5, 5.41) is 11.4. The van der Waals surface area contributed by atoms with Gasteiger partial charge in [-0.1, -0.05) is 78.7 Å². The van der Waals surface area contributed by atoms with E-state index in [1.807, 2.05) is 27.7 Å². The molecule has 1 unspecified atom stereocenters. The van der Waals surface area contributed by atoms with Gasteiger partial charge in [-0.15, -0.1) is 6.58 Å². The maximum atomic E-state index is 14.8. The van der Waals surface area contributed by atoms with Gasteiger partial charge in [0.1, 0.15) is 12.1 Å². The number of amides is 5. The van der Waals surface area contributed by atoms with Gasteiger partial charge < -0.3 is 26.2 Å². The Morgan fingerprint density at radius 2 is 1.57 bits per heavy atom. The highest BCUT2D eigenvalue weighted by atomic mass is 32.2. The van der Waals surface area contributed by atoms with Gasteiger partial charge >= 0.3 is 6.03 Å². The van der Waals surface area contributed by atoms with E-state index < -0.39 is 67.3 Å². The minimum atomic E-state index is -3.57. The second-order valence-electron chi connectivity index (χ2n) is 16.8. The van der Waals surface area contributed by atoms with Crippen LogP contribution in [0.15, 0.2) is 12.7 Å². The van der Waals surface area contributed by atoms with Crippen LogP contribution in [0.25, 0.3) is 0 Å². The van der Waals surface area contributed by atoms with Gasteiger partial charge in [-0.3, -0.25) is 19.2 Å². The maximum Gasteiger partial charge on any atom is 0.315 e. The number of carbonyl (C=O) groups is 5. The molecule has 3 fully saturated rings. The first-order chi connectivity index (χ1) is 23.8. The lowest BCUT2D eigenvalue weighted by atomic mass is 9.79. The number of carbonyl (C=O) groups excluding carboxylic acids is 5. The van der Waals surface area contributed by atoms with Crippen molar-refractivity contribution in [2.24, 2.45) is 17.3 Å². The Kier molecular flexibility index (Phi) is 14.7. The van der Waals surface area contributed by atoms with E-state index in [2.05, 4.69) is 27.8 Å². The molecule has 0 spiro atoms. The zero-order chi connectivity index (χ0) is 38.2. The molecule has 0 aromatic carbocycles. The molecule has 12 nitrogen and oxygen atoms in total. The van der Waals surface area contributed by atoms with Crippen molar-refractivity contribution < 1.29 is 32.4 Å². The monoisotopic (exact) mass is 735 g/mol. The molecule has 4 N–H and O–H groups in total. The Hall–Kier alpha value is -2.96. The zero-order valence-corrected chi connectivity index (χ0v) is 33.0. The van der Waals surface area contributed by atoms with Crippen molar-refractivity contribution in [1.82, 2.24) is 26.2 Å². The smallest absolute Gasteiger partial charge is 0.315 e. The summed E-state index contributed by atoms with van der Waals surface area (Å²) < 4.78 is 25.8. The highest BCUT2D eigenvalue weighted by molar-refractivity contribution is 7.92. The molecule has 1 aliphatic heterocycles. The van der Waals surface area contributed by atoms with Crippen LogP contribution in [0.4, 0.5) is 4.79 Å². The predicted octanol–water partition coefficient (Wildman–Crippen LogP) is 4.57. The summed E-state index contributed by atoms with van der Waals surface area (Å²) in [5.74, 6) is -2.74. The minimum Gasteiger partial charge on any atom is -0.346 e. The molecule has 2 saturated carbocycles. The molecule has 5 amide bonds. The van der Waals surface area contributed by atoms with Crippen LogP contribution < -0.4 is 21.3 Å². The van der Waals surface area contributed by atoms with Crippen LogP contribution in [0, 0.1) is 17.3 Å². The van der Waals surface area contributed by atoms with Crippen LogP contribution in [0.3, 0.4) is 0 Å². The molecule has 0 radical (unpaired) electrons. The number of Topliss-reactive ketones (excluding diaryl/α,β-unsaturated/α-hetero) is 1. The van der Waals surface area contributed by atoms with Crippen molar-refractivity contribution in [1.29, 1.82) is 0 Å². The molecule has 0 aromatic rings. The van der Waals surface area contributed by atoms with Crippen molar-refractivity contribution in [2.75, 3.05) is 18.8 Å². The van der Waals surface area contributed by atoms with Crippen LogP contribution in [0.5, 0.6) is 0 Å². The van der Waals surface area contributed by atoms with Crippen molar-refractivity contribution in [3.05, 3.63) is 12.7 Å². The molecule has 51 heavy (non-hydrogen) atoms. The van der Waals surface area contributed by atoms with Gasteiger partial charge in [0.25, 0.3) is 5.91 Å². The van der Waals surface area contributed by atoms with Gasteiger partial charge in [-0.2, -0.15) is 0 Å². The minimum absolute atomic E-state index is 0.0342. The van der Waals surface area contributed by atoms with E-state index in [1.165, 1.54) is 6.08 Å². The Labute approximate surface area is 306 Å². The number of likely N-dealkylation sites (tertiary alicyclic amines) is 1. The Balaban J connectivity index is 1.92. The van der Waals surface area contributed by atoms with E-state index in [9.17, 15) is 32.4 Å². The average molecular weight is 736 g/mol.